The average Bonchev–Trinajstić information content (AvgIpc) is 2.48. The summed E-state index contributed by atoms with van der Waals surface area (Å²) in [4.78, 5) is 12.0. The van der Waals surface area contributed by atoms with Crippen LogP contribution in [0.3, 0.4) is 0 Å². The summed E-state index contributed by atoms with van der Waals surface area (Å²) in [6.07, 6.45) is 4.39. The number of rotatable bonds is 2. The summed E-state index contributed by atoms with van der Waals surface area (Å²) < 4.78 is 1.81. The Hall–Kier alpha value is -1.20. The Morgan fingerprint density at radius 1 is 1.50 bits per heavy atom. The number of imidazole rings is 1. The van der Waals surface area contributed by atoms with Crippen LogP contribution in [0.5, 0.6) is 0 Å². The maximum absolute atomic E-state index is 9.19. The van der Waals surface area contributed by atoms with Gasteiger partial charge in [-0.3, -0.25) is 0 Å². The predicted molar refractivity (Wildman–Crippen MR) is 54.3 cm³/mol. The smallest absolute Gasteiger partial charge is 0.163 e. The molecular formula is C8H11ClN4O. The van der Waals surface area contributed by atoms with Gasteiger partial charge in [0.2, 0.25) is 0 Å². The fraction of sp³-hybridized carbons (Fsp3) is 0.375. The first-order valence-corrected chi connectivity index (χ1v) is 4.06. The Balaban J connectivity index is 0.000000980. The number of hydrogen-bond donors (Lipinski definition) is 1. The highest BCUT2D eigenvalue weighted by Gasteiger charge is 2.04. The van der Waals surface area contributed by atoms with Gasteiger partial charge < -0.3 is 9.67 Å². The molecule has 6 heteroatoms. The Kier molecular flexibility index (Phi) is 3.38. The highest BCUT2D eigenvalue weighted by molar-refractivity contribution is 5.85. The van der Waals surface area contributed by atoms with Gasteiger partial charge in [0.1, 0.15) is 11.8 Å². The van der Waals surface area contributed by atoms with Crippen LogP contribution in [-0.4, -0.2) is 30.7 Å². The van der Waals surface area contributed by atoms with Crippen molar-refractivity contribution in [2.24, 2.45) is 0 Å². The fourth-order valence-corrected chi connectivity index (χ4v) is 1.23. The lowest BCUT2D eigenvalue weighted by molar-refractivity contribution is 0.175. The number of hydrogen-bond acceptors (Lipinski definition) is 4. The molecule has 5 nitrogen and oxygen atoms in total. The Labute approximate surface area is 87.2 Å². The molecule has 0 bridgehead atoms. The van der Waals surface area contributed by atoms with Gasteiger partial charge in [-0.25, -0.2) is 15.0 Å². The van der Waals surface area contributed by atoms with Crippen molar-refractivity contribution >= 4 is 23.6 Å². The van der Waals surface area contributed by atoms with Gasteiger partial charge in [-0.15, -0.1) is 12.4 Å². The molecule has 0 saturated carbocycles. The molecule has 0 amide bonds. The van der Waals surface area contributed by atoms with Crippen molar-refractivity contribution in [2.75, 3.05) is 0 Å². The van der Waals surface area contributed by atoms with Crippen LogP contribution in [-0.2, 0) is 6.54 Å². The summed E-state index contributed by atoms with van der Waals surface area (Å²) in [6.45, 7) is 2.24. The van der Waals surface area contributed by atoms with E-state index in [0.717, 1.165) is 11.2 Å². The summed E-state index contributed by atoms with van der Waals surface area (Å²) in [5, 5.41) is 9.19. The molecule has 0 fully saturated rings. The molecule has 2 aromatic heterocycles. The van der Waals surface area contributed by atoms with E-state index in [0.29, 0.717) is 6.54 Å². The number of nitrogens with zero attached hydrogens (tertiary/aromatic N) is 4. The molecular weight excluding hydrogens is 204 g/mol. The zero-order valence-corrected chi connectivity index (χ0v) is 8.48. The molecule has 0 spiro atoms. The van der Waals surface area contributed by atoms with Crippen molar-refractivity contribution in [3.05, 3.63) is 18.9 Å². The van der Waals surface area contributed by atoms with Crippen LogP contribution in [0.1, 0.15) is 6.92 Å². The lowest BCUT2D eigenvalue weighted by atomic mass is 10.4. The molecule has 1 unspecified atom stereocenters. The molecule has 0 aliphatic rings. The second-order valence-electron chi connectivity index (χ2n) is 2.98. The van der Waals surface area contributed by atoms with Crippen LogP contribution in [0.4, 0.5) is 0 Å². The monoisotopic (exact) mass is 214 g/mol. The molecule has 2 rings (SSSR count). The van der Waals surface area contributed by atoms with E-state index in [1.54, 1.807) is 19.4 Å². The third-order valence-corrected chi connectivity index (χ3v) is 1.74. The van der Waals surface area contributed by atoms with Gasteiger partial charge in [0.15, 0.2) is 5.65 Å². The average molecular weight is 215 g/mol. The number of aromatic nitrogens is 4. The van der Waals surface area contributed by atoms with Crippen molar-refractivity contribution in [3.63, 3.8) is 0 Å². The van der Waals surface area contributed by atoms with E-state index >= 15 is 0 Å². The second-order valence-corrected chi connectivity index (χ2v) is 2.98. The topological polar surface area (TPSA) is 63.8 Å². The minimum absolute atomic E-state index is 0. The zero-order valence-electron chi connectivity index (χ0n) is 7.66. The van der Waals surface area contributed by atoms with Gasteiger partial charge in [0, 0.05) is 0 Å². The third kappa shape index (κ3) is 2.00. The molecule has 0 saturated heterocycles. The normalized spacial score (nSPS) is 12.4. The van der Waals surface area contributed by atoms with Gasteiger partial charge in [0.05, 0.1) is 25.2 Å². The molecule has 0 radical (unpaired) electrons. The largest absolute Gasteiger partial charge is 0.392 e. The van der Waals surface area contributed by atoms with E-state index in [2.05, 4.69) is 15.0 Å². The van der Waals surface area contributed by atoms with E-state index in [-0.39, 0.29) is 12.4 Å². The Morgan fingerprint density at radius 3 is 3.00 bits per heavy atom. The molecule has 14 heavy (non-hydrogen) atoms. The molecule has 76 valence electrons. The maximum atomic E-state index is 9.19. The summed E-state index contributed by atoms with van der Waals surface area (Å²) in [5.74, 6) is 0. The minimum Gasteiger partial charge on any atom is -0.392 e. The van der Waals surface area contributed by atoms with E-state index < -0.39 is 6.10 Å². The van der Waals surface area contributed by atoms with E-state index in [4.69, 9.17) is 0 Å². The van der Waals surface area contributed by atoms with Gasteiger partial charge in [-0.1, -0.05) is 0 Å². The zero-order chi connectivity index (χ0) is 9.26. The summed E-state index contributed by atoms with van der Waals surface area (Å²) in [6, 6.07) is 0. The standard InChI is InChI=1S/C8H10N4O.ClH/c1-6(13)3-12-5-11-7-2-9-4-10-8(7)12;/h2,4-6,13H,3H2,1H3;1H. The molecule has 2 aromatic rings. The molecule has 1 atom stereocenters. The van der Waals surface area contributed by atoms with Crippen molar-refractivity contribution in [1.82, 2.24) is 19.5 Å². The summed E-state index contributed by atoms with van der Waals surface area (Å²) >= 11 is 0. The van der Waals surface area contributed by atoms with Gasteiger partial charge >= 0.3 is 0 Å². The lowest BCUT2D eigenvalue weighted by Gasteiger charge is -2.04. The molecule has 2 heterocycles. The SMILES string of the molecule is CC(O)Cn1cnc2cncnc21.Cl. The van der Waals surface area contributed by atoms with Crippen LogP contribution >= 0.6 is 12.4 Å². The van der Waals surface area contributed by atoms with E-state index in [1.165, 1.54) is 6.33 Å². The van der Waals surface area contributed by atoms with Crippen LogP contribution in [0, 0.1) is 0 Å². The molecule has 0 aliphatic heterocycles. The highest BCUT2D eigenvalue weighted by Crippen LogP contribution is 2.07. The molecule has 0 aliphatic carbocycles. The highest BCUT2D eigenvalue weighted by atomic mass is 35.5. The molecule has 1 N–H and O–H groups in total. The number of aliphatic hydroxyl groups is 1. The maximum Gasteiger partial charge on any atom is 0.163 e. The van der Waals surface area contributed by atoms with Gasteiger partial charge in [0.25, 0.3) is 0 Å². The fourth-order valence-electron chi connectivity index (χ4n) is 1.23. The van der Waals surface area contributed by atoms with Crippen LogP contribution < -0.4 is 0 Å². The Bertz CT molecular complexity index is 414. The van der Waals surface area contributed by atoms with E-state index in [9.17, 15) is 5.11 Å². The van der Waals surface area contributed by atoms with Crippen molar-refractivity contribution < 1.29 is 5.11 Å². The predicted octanol–water partition coefficient (Wildman–Crippen LogP) is 0.629. The summed E-state index contributed by atoms with van der Waals surface area (Å²) in [7, 11) is 0. The van der Waals surface area contributed by atoms with Crippen LogP contribution in [0.15, 0.2) is 18.9 Å². The van der Waals surface area contributed by atoms with Crippen LogP contribution in [0.25, 0.3) is 11.2 Å². The number of aliphatic hydroxyl groups excluding tert-OH is 1. The number of fused-ring (bicyclic) bond motifs is 1. The minimum atomic E-state index is -0.396. The van der Waals surface area contributed by atoms with Crippen molar-refractivity contribution in [3.8, 4) is 0 Å². The van der Waals surface area contributed by atoms with Crippen molar-refractivity contribution in [1.29, 1.82) is 0 Å². The third-order valence-electron chi connectivity index (χ3n) is 1.74. The van der Waals surface area contributed by atoms with E-state index in [1.807, 2.05) is 4.57 Å². The molecule has 0 aromatic carbocycles. The van der Waals surface area contributed by atoms with Gasteiger partial charge in [-0.2, -0.15) is 0 Å². The number of halogens is 1. The first-order chi connectivity index (χ1) is 6.27. The Morgan fingerprint density at radius 2 is 2.29 bits per heavy atom. The van der Waals surface area contributed by atoms with Crippen molar-refractivity contribution in [2.45, 2.75) is 19.6 Å². The lowest BCUT2D eigenvalue weighted by Crippen LogP contribution is -2.11. The second kappa shape index (κ2) is 4.34. The summed E-state index contributed by atoms with van der Waals surface area (Å²) in [5.41, 5.74) is 1.51. The van der Waals surface area contributed by atoms with Crippen LogP contribution in [0.2, 0.25) is 0 Å². The van der Waals surface area contributed by atoms with Gasteiger partial charge in [-0.05, 0) is 6.92 Å². The first-order valence-electron chi connectivity index (χ1n) is 4.06. The first kappa shape index (κ1) is 10.9. The quantitative estimate of drug-likeness (QED) is 0.797.